The highest BCUT2D eigenvalue weighted by molar-refractivity contribution is 5.86. The van der Waals surface area contributed by atoms with E-state index in [2.05, 4.69) is 0 Å². The van der Waals surface area contributed by atoms with Gasteiger partial charge in [-0.25, -0.2) is 0 Å². The van der Waals surface area contributed by atoms with Gasteiger partial charge in [0, 0.05) is 23.8 Å². The minimum absolute atomic E-state index is 0.0695. The lowest BCUT2D eigenvalue weighted by atomic mass is 9.98. The molecule has 0 aliphatic carbocycles. The highest BCUT2D eigenvalue weighted by Crippen LogP contribution is 2.36. The van der Waals surface area contributed by atoms with Crippen molar-refractivity contribution in [1.82, 2.24) is 0 Å². The van der Waals surface area contributed by atoms with Gasteiger partial charge >= 0.3 is 0 Å². The van der Waals surface area contributed by atoms with Crippen LogP contribution in [0, 0.1) is 0 Å². The van der Waals surface area contributed by atoms with Crippen LogP contribution in [0.4, 0.5) is 0 Å². The topological polar surface area (TPSA) is 238 Å². The van der Waals surface area contributed by atoms with Gasteiger partial charge in [0.15, 0.2) is 29.3 Å². The number of rotatable bonds is 8. The first kappa shape index (κ1) is 30.0. The van der Waals surface area contributed by atoms with Crippen LogP contribution in [0.15, 0.2) is 45.6 Å². The van der Waals surface area contributed by atoms with E-state index in [-0.39, 0.29) is 34.0 Å². The summed E-state index contributed by atoms with van der Waals surface area (Å²) in [6.45, 7) is -2.08. The van der Waals surface area contributed by atoms with Crippen molar-refractivity contribution in [3.63, 3.8) is 0 Å². The maximum Gasteiger partial charge on any atom is 0.229 e. The molecule has 2 aliphatic rings. The predicted molar refractivity (Wildman–Crippen MR) is 139 cm³/mol. The normalized spacial score (nSPS) is 31.4. The second-order valence-corrected chi connectivity index (χ2v) is 9.99. The summed E-state index contributed by atoms with van der Waals surface area (Å²) in [5.41, 5.74) is -2.39. The number of methoxy groups -OCH3 is 1. The zero-order valence-electron chi connectivity index (χ0n) is 22.1. The molecule has 0 amide bonds. The average Bonchev–Trinajstić information content (AvgIpc) is 3.25. The number of ether oxygens (including phenoxy) is 5. The van der Waals surface area contributed by atoms with Gasteiger partial charge in [-0.15, -0.1) is 0 Å². The van der Waals surface area contributed by atoms with Gasteiger partial charge in [0.05, 0.1) is 26.9 Å². The first-order valence-electron chi connectivity index (χ1n) is 12.8. The molecule has 5 rings (SSSR count). The van der Waals surface area contributed by atoms with E-state index in [1.165, 1.54) is 31.4 Å². The van der Waals surface area contributed by atoms with E-state index in [1.54, 1.807) is 0 Å². The van der Waals surface area contributed by atoms with Gasteiger partial charge in [0.1, 0.15) is 58.2 Å². The number of aromatic hydroxyl groups is 2. The lowest BCUT2D eigenvalue weighted by Crippen LogP contribution is -2.62. The Hall–Kier alpha value is -3.51. The molecule has 0 unspecified atom stereocenters. The van der Waals surface area contributed by atoms with Crippen molar-refractivity contribution >= 4 is 11.0 Å². The number of aliphatic hydroxyl groups excluding tert-OH is 5. The van der Waals surface area contributed by atoms with Crippen LogP contribution in [-0.4, -0.2) is 116 Å². The first-order chi connectivity index (χ1) is 20.0. The molecule has 8 N–H and O–H groups in total. The predicted octanol–water partition coefficient (Wildman–Crippen LogP) is -1.48. The molecule has 228 valence electrons. The Morgan fingerprint density at radius 1 is 1.00 bits per heavy atom. The zero-order chi connectivity index (χ0) is 30.3. The van der Waals surface area contributed by atoms with Crippen LogP contribution >= 0.6 is 0 Å². The van der Waals surface area contributed by atoms with E-state index < -0.39 is 79.7 Å². The number of hydrogen-bond acceptors (Lipinski definition) is 15. The molecule has 8 atom stereocenters. The Kier molecular flexibility index (Phi) is 8.30. The minimum Gasteiger partial charge on any atom is -0.507 e. The molecule has 3 aromatic rings. The Bertz CT molecular complexity index is 1490. The van der Waals surface area contributed by atoms with Crippen LogP contribution in [0.2, 0.25) is 0 Å². The average molecular weight is 595 g/mol. The van der Waals surface area contributed by atoms with E-state index in [1.807, 2.05) is 0 Å². The largest absolute Gasteiger partial charge is 0.507 e. The third kappa shape index (κ3) is 5.37. The van der Waals surface area contributed by atoms with Crippen LogP contribution in [0.3, 0.4) is 0 Å². The second-order valence-electron chi connectivity index (χ2n) is 9.99. The van der Waals surface area contributed by atoms with Crippen LogP contribution in [0.1, 0.15) is 0 Å². The van der Waals surface area contributed by atoms with Gasteiger partial charge in [-0.1, -0.05) is 0 Å². The molecule has 1 aromatic heterocycles. The molecule has 2 fully saturated rings. The highest BCUT2D eigenvalue weighted by Gasteiger charge is 2.53. The Morgan fingerprint density at radius 2 is 1.76 bits per heavy atom. The molecule has 15 nitrogen and oxygen atoms in total. The van der Waals surface area contributed by atoms with Crippen LogP contribution in [0.5, 0.6) is 23.0 Å². The quantitative estimate of drug-likeness (QED) is 0.148. The van der Waals surface area contributed by atoms with E-state index in [0.29, 0.717) is 5.56 Å². The van der Waals surface area contributed by atoms with Gasteiger partial charge in [0.25, 0.3) is 0 Å². The van der Waals surface area contributed by atoms with E-state index >= 15 is 0 Å². The van der Waals surface area contributed by atoms with E-state index in [9.17, 15) is 45.6 Å². The Labute approximate surface area is 236 Å². The van der Waals surface area contributed by atoms with Crippen LogP contribution in [0.25, 0.3) is 22.3 Å². The summed E-state index contributed by atoms with van der Waals surface area (Å²) < 4.78 is 33.2. The number of phenols is 2. The van der Waals surface area contributed by atoms with Gasteiger partial charge in [-0.05, 0) is 18.2 Å². The van der Waals surface area contributed by atoms with Crippen LogP contribution < -0.4 is 14.9 Å². The van der Waals surface area contributed by atoms with E-state index in [0.717, 1.165) is 12.1 Å². The highest BCUT2D eigenvalue weighted by atomic mass is 16.8. The van der Waals surface area contributed by atoms with Gasteiger partial charge in [-0.3, -0.25) is 4.79 Å². The van der Waals surface area contributed by atoms with Gasteiger partial charge < -0.3 is 69.0 Å². The van der Waals surface area contributed by atoms with Crippen molar-refractivity contribution in [3.8, 4) is 34.3 Å². The van der Waals surface area contributed by atoms with Gasteiger partial charge in [0.2, 0.25) is 6.29 Å². The summed E-state index contributed by atoms with van der Waals surface area (Å²) in [7, 11) is 1.35. The molecule has 42 heavy (non-hydrogen) atoms. The summed E-state index contributed by atoms with van der Waals surface area (Å²) in [5.74, 6) is -0.612. The summed E-state index contributed by atoms with van der Waals surface area (Å²) in [5, 5.41) is 81.3. The number of aliphatic hydroxyl groups is 6. The van der Waals surface area contributed by atoms with Crippen molar-refractivity contribution < 1.29 is 69.0 Å². The maximum absolute atomic E-state index is 12.9. The molecule has 0 spiro atoms. The third-order valence-electron chi connectivity index (χ3n) is 7.20. The third-order valence-corrected chi connectivity index (χ3v) is 7.20. The van der Waals surface area contributed by atoms with Crippen molar-refractivity contribution in [2.75, 3.05) is 26.9 Å². The van der Waals surface area contributed by atoms with Crippen molar-refractivity contribution in [3.05, 3.63) is 46.6 Å². The fourth-order valence-electron chi connectivity index (χ4n) is 4.78. The zero-order valence-corrected chi connectivity index (χ0v) is 22.1. The standard InChI is InChI=1S/C27H30O15/c1-37-17-4-11(2-3-13(17)30)16-7-15(32)20-14(31)5-12(6-18(20)40-16)39-25-23(22(34)21(33)19(8-28)41-25)42-26-24(35)27(36,9-29)10-38-26/h2-7,19,21-26,28-31,33-36H,8-10H2,1H3/t19-,21-,22+,23-,24+,25-,26+,27-/m1/s1. The molecule has 2 aliphatic heterocycles. The molecular weight excluding hydrogens is 564 g/mol. The molecule has 0 radical (unpaired) electrons. The van der Waals surface area contributed by atoms with E-state index in [4.69, 9.17) is 28.1 Å². The lowest BCUT2D eigenvalue weighted by molar-refractivity contribution is -0.318. The summed E-state index contributed by atoms with van der Waals surface area (Å²) in [6.07, 6.45) is -11.3. The molecule has 2 aromatic carbocycles. The number of fused-ring (bicyclic) bond motifs is 1. The molecule has 15 heteroatoms. The smallest absolute Gasteiger partial charge is 0.229 e. The van der Waals surface area contributed by atoms with Crippen molar-refractivity contribution in [2.45, 2.75) is 48.7 Å². The monoisotopic (exact) mass is 594 g/mol. The van der Waals surface area contributed by atoms with Crippen molar-refractivity contribution in [1.29, 1.82) is 0 Å². The minimum atomic E-state index is -2.05. The molecule has 3 heterocycles. The number of benzene rings is 2. The fraction of sp³-hybridized carbons (Fsp3) is 0.444. The molecule has 0 bridgehead atoms. The maximum atomic E-state index is 12.9. The van der Waals surface area contributed by atoms with Crippen molar-refractivity contribution in [2.24, 2.45) is 0 Å². The van der Waals surface area contributed by atoms with Gasteiger partial charge in [-0.2, -0.15) is 0 Å². The number of hydrogen-bond donors (Lipinski definition) is 8. The Morgan fingerprint density at radius 3 is 2.43 bits per heavy atom. The lowest BCUT2D eigenvalue weighted by Gasteiger charge is -2.42. The SMILES string of the molecule is COc1cc(-c2cc(=O)c3c(O)cc(O[C@@H]4O[C@H](CO)[C@@H](O)[C@H](O)[C@H]4O[C@@H]4OC[C@](O)(CO)[C@H]4O)cc3o2)ccc1O. The molecule has 0 saturated carbocycles. The Balaban J connectivity index is 1.48. The fourth-order valence-corrected chi connectivity index (χ4v) is 4.78. The molecular formula is C27H30O15. The van der Waals surface area contributed by atoms with Crippen LogP contribution in [-0.2, 0) is 14.2 Å². The summed E-state index contributed by atoms with van der Waals surface area (Å²) in [6, 6.07) is 7.73. The summed E-state index contributed by atoms with van der Waals surface area (Å²) >= 11 is 0. The second kappa shape index (κ2) is 11.6. The summed E-state index contributed by atoms with van der Waals surface area (Å²) in [4.78, 5) is 12.9. The first-order valence-corrected chi connectivity index (χ1v) is 12.8. The molecule has 2 saturated heterocycles. The number of phenolic OH excluding ortho intramolecular Hbond substituents is 2.